The zero-order valence-corrected chi connectivity index (χ0v) is 13.9. The minimum atomic E-state index is -0.0397. The summed E-state index contributed by atoms with van der Waals surface area (Å²) in [6, 6.07) is 10.00. The van der Waals surface area contributed by atoms with E-state index in [-0.39, 0.29) is 5.91 Å². The summed E-state index contributed by atoms with van der Waals surface area (Å²) in [6.45, 7) is 1.55. The van der Waals surface area contributed by atoms with Gasteiger partial charge in [-0.25, -0.2) is 0 Å². The third-order valence-electron chi connectivity index (χ3n) is 4.82. The van der Waals surface area contributed by atoms with Crippen molar-refractivity contribution in [2.24, 2.45) is 11.8 Å². The van der Waals surface area contributed by atoms with E-state index in [9.17, 15) is 4.79 Å². The summed E-state index contributed by atoms with van der Waals surface area (Å²) >= 11 is 0. The van der Waals surface area contributed by atoms with Gasteiger partial charge in [0.2, 0.25) is 0 Å². The average Bonchev–Trinajstić information content (AvgIpc) is 3.16. The molecule has 5 nitrogen and oxygen atoms in total. The number of benzene rings is 1. The molecular weight excluding hydrogens is 302 g/mol. The Kier molecular flexibility index (Phi) is 5.88. The molecule has 3 rings (SSSR count). The molecule has 0 aliphatic heterocycles. The van der Waals surface area contributed by atoms with Crippen LogP contribution in [0.25, 0.3) is 0 Å². The molecule has 1 heterocycles. The lowest BCUT2D eigenvalue weighted by Gasteiger charge is -2.28. The van der Waals surface area contributed by atoms with E-state index < -0.39 is 0 Å². The topological polar surface area (TPSA) is 67.0 Å². The fraction of sp³-hybridized carbons (Fsp3) is 0.474. The van der Waals surface area contributed by atoms with Gasteiger partial charge in [0, 0.05) is 12.7 Å². The minimum Gasteiger partial charge on any atom is -0.494 e. The Morgan fingerprint density at radius 1 is 1.17 bits per heavy atom. The molecular formula is C19H25N3O2. The van der Waals surface area contributed by atoms with Crippen LogP contribution in [-0.4, -0.2) is 29.3 Å². The summed E-state index contributed by atoms with van der Waals surface area (Å²) in [6.07, 6.45) is 9.11. The van der Waals surface area contributed by atoms with Crippen molar-refractivity contribution in [3.05, 3.63) is 48.3 Å². The fourth-order valence-electron chi connectivity index (χ4n) is 3.30. The van der Waals surface area contributed by atoms with Crippen molar-refractivity contribution in [3.8, 4) is 5.75 Å². The summed E-state index contributed by atoms with van der Waals surface area (Å²) in [4.78, 5) is 11.9. The maximum absolute atomic E-state index is 11.9. The quantitative estimate of drug-likeness (QED) is 0.819. The van der Waals surface area contributed by atoms with Crippen LogP contribution in [0.3, 0.4) is 0 Å². The minimum absolute atomic E-state index is 0.0397. The van der Waals surface area contributed by atoms with Crippen LogP contribution in [0.2, 0.25) is 0 Å². The standard InChI is InChI=1S/C19H25N3O2/c23-19(17-13-21-22-14-17)20-12-16-8-6-15(7-9-16)10-11-24-18-4-2-1-3-5-18/h1-5,13-16H,6-12H2,(H,20,23)(H,21,22). The van der Waals surface area contributed by atoms with Gasteiger partial charge < -0.3 is 10.1 Å². The van der Waals surface area contributed by atoms with Crippen molar-refractivity contribution in [1.29, 1.82) is 0 Å². The highest BCUT2D eigenvalue weighted by atomic mass is 16.5. The molecule has 1 saturated carbocycles. The van der Waals surface area contributed by atoms with E-state index in [0.717, 1.165) is 31.2 Å². The van der Waals surface area contributed by atoms with Gasteiger partial charge in [0.25, 0.3) is 5.91 Å². The smallest absolute Gasteiger partial charge is 0.254 e. The number of rotatable bonds is 7. The van der Waals surface area contributed by atoms with Gasteiger partial charge in [-0.05, 0) is 56.1 Å². The molecule has 1 fully saturated rings. The van der Waals surface area contributed by atoms with Crippen molar-refractivity contribution in [3.63, 3.8) is 0 Å². The lowest BCUT2D eigenvalue weighted by Crippen LogP contribution is -2.31. The second kappa shape index (κ2) is 8.52. The van der Waals surface area contributed by atoms with Gasteiger partial charge in [-0.1, -0.05) is 18.2 Å². The number of para-hydroxylation sites is 1. The number of H-pyrrole nitrogens is 1. The molecule has 0 bridgehead atoms. The predicted molar refractivity (Wildman–Crippen MR) is 92.9 cm³/mol. The Morgan fingerprint density at radius 3 is 2.62 bits per heavy atom. The van der Waals surface area contributed by atoms with Crippen molar-refractivity contribution in [2.45, 2.75) is 32.1 Å². The normalized spacial score (nSPS) is 20.5. The van der Waals surface area contributed by atoms with Gasteiger partial charge in [0.15, 0.2) is 0 Å². The van der Waals surface area contributed by atoms with Gasteiger partial charge >= 0.3 is 0 Å². The van der Waals surface area contributed by atoms with Gasteiger partial charge in [-0.3, -0.25) is 9.89 Å². The number of carbonyl (C=O) groups is 1. The van der Waals surface area contributed by atoms with Crippen LogP contribution in [-0.2, 0) is 0 Å². The molecule has 1 aliphatic rings. The van der Waals surface area contributed by atoms with E-state index >= 15 is 0 Å². The monoisotopic (exact) mass is 327 g/mol. The molecule has 1 amide bonds. The van der Waals surface area contributed by atoms with Crippen LogP contribution < -0.4 is 10.1 Å². The zero-order chi connectivity index (χ0) is 16.6. The Bertz CT molecular complexity index is 605. The summed E-state index contributed by atoms with van der Waals surface area (Å²) < 4.78 is 5.79. The van der Waals surface area contributed by atoms with Crippen molar-refractivity contribution in [2.75, 3.05) is 13.2 Å². The Hall–Kier alpha value is -2.30. The number of amides is 1. The maximum Gasteiger partial charge on any atom is 0.254 e. The van der Waals surface area contributed by atoms with E-state index in [0.29, 0.717) is 11.5 Å². The molecule has 2 N–H and O–H groups in total. The Morgan fingerprint density at radius 2 is 1.92 bits per heavy atom. The lowest BCUT2D eigenvalue weighted by molar-refractivity contribution is 0.0940. The molecule has 5 heteroatoms. The number of aromatic nitrogens is 2. The number of hydrogen-bond donors (Lipinski definition) is 2. The van der Waals surface area contributed by atoms with Crippen LogP contribution in [0.15, 0.2) is 42.7 Å². The summed E-state index contributed by atoms with van der Waals surface area (Å²) in [5.74, 6) is 2.25. The lowest BCUT2D eigenvalue weighted by atomic mass is 9.80. The first kappa shape index (κ1) is 16.6. The van der Waals surface area contributed by atoms with Crippen LogP contribution >= 0.6 is 0 Å². The number of ether oxygens (including phenoxy) is 1. The molecule has 0 radical (unpaired) electrons. The highest BCUT2D eigenvalue weighted by molar-refractivity contribution is 5.93. The van der Waals surface area contributed by atoms with E-state index in [1.54, 1.807) is 12.4 Å². The van der Waals surface area contributed by atoms with Crippen molar-refractivity contribution in [1.82, 2.24) is 15.5 Å². The number of carbonyl (C=O) groups excluding carboxylic acids is 1. The van der Waals surface area contributed by atoms with Crippen molar-refractivity contribution >= 4 is 5.91 Å². The van der Waals surface area contributed by atoms with E-state index in [1.165, 1.54) is 25.7 Å². The molecule has 0 unspecified atom stereocenters. The molecule has 0 spiro atoms. The fourth-order valence-corrected chi connectivity index (χ4v) is 3.30. The first-order valence-electron chi connectivity index (χ1n) is 8.76. The van der Waals surface area contributed by atoms with Gasteiger partial charge in [0.05, 0.1) is 18.4 Å². The highest BCUT2D eigenvalue weighted by Crippen LogP contribution is 2.30. The predicted octanol–water partition coefficient (Wildman–Crippen LogP) is 3.42. The zero-order valence-electron chi connectivity index (χ0n) is 13.9. The van der Waals surface area contributed by atoms with Crippen LogP contribution in [0, 0.1) is 11.8 Å². The number of aromatic amines is 1. The van der Waals surface area contributed by atoms with Crippen molar-refractivity contribution < 1.29 is 9.53 Å². The Labute approximate surface area is 142 Å². The summed E-state index contributed by atoms with van der Waals surface area (Å²) in [5, 5.41) is 9.47. The van der Waals surface area contributed by atoms with Crippen LogP contribution in [0.1, 0.15) is 42.5 Å². The molecule has 1 aromatic carbocycles. The number of hydrogen-bond acceptors (Lipinski definition) is 3. The molecule has 1 aliphatic carbocycles. The summed E-state index contributed by atoms with van der Waals surface area (Å²) in [7, 11) is 0. The second-order valence-corrected chi connectivity index (χ2v) is 6.53. The van der Waals surface area contributed by atoms with Crippen LogP contribution in [0.4, 0.5) is 0 Å². The average molecular weight is 327 g/mol. The Balaban J connectivity index is 1.30. The summed E-state index contributed by atoms with van der Waals surface area (Å²) in [5.41, 5.74) is 0.599. The van der Waals surface area contributed by atoms with Gasteiger partial charge in [-0.15, -0.1) is 0 Å². The third-order valence-corrected chi connectivity index (χ3v) is 4.82. The molecule has 24 heavy (non-hydrogen) atoms. The number of nitrogens with one attached hydrogen (secondary N) is 2. The van der Waals surface area contributed by atoms with Gasteiger partial charge in [0.1, 0.15) is 5.75 Å². The van der Waals surface area contributed by atoms with E-state index in [1.807, 2.05) is 30.3 Å². The van der Waals surface area contributed by atoms with Gasteiger partial charge in [-0.2, -0.15) is 5.10 Å². The highest BCUT2D eigenvalue weighted by Gasteiger charge is 2.21. The first-order chi connectivity index (χ1) is 11.8. The van der Waals surface area contributed by atoms with Crippen LogP contribution in [0.5, 0.6) is 5.75 Å². The van der Waals surface area contributed by atoms with E-state index in [2.05, 4.69) is 15.5 Å². The number of nitrogens with zero attached hydrogens (tertiary/aromatic N) is 1. The molecule has 0 atom stereocenters. The maximum atomic E-state index is 11.9. The second-order valence-electron chi connectivity index (χ2n) is 6.53. The third kappa shape index (κ3) is 4.85. The van der Waals surface area contributed by atoms with E-state index in [4.69, 9.17) is 4.74 Å². The first-order valence-corrected chi connectivity index (χ1v) is 8.76. The SMILES string of the molecule is O=C(NCC1CCC(CCOc2ccccc2)CC1)c1cn[nH]c1. The molecule has 1 aromatic heterocycles. The largest absolute Gasteiger partial charge is 0.494 e. The molecule has 128 valence electrons. The molecule has 0 saturated heterocycles. The molecule has 2 aromatic rings.